The molecule has 0 aliphatic rings. The summed E-state index contributed by atoms with van der Waals surface area (Å²) < 4.78 is 21.7. The fourth-order valence-electron chi connectivity index (χ4n) is 0.0842. The second-order valence-corrected chi connectivity index (χ2v) is 2.81. The Morgan fingerprint density at radius 3 is 1.73 bits per heavy atom. The minimum absolute atomic E-state index is 0. The van der Waals surface area contributed by atoms with E-state index < -0.39 is 16.1 Å². The summed E-state index contributed by atoms with van der Waals surface area (Å²) in [5.74, 6) is 0. The standard InChI is InChI=1S/CH4.2Na.H2O6P2/c;;;1-7(2)6-8(3,4)5/h1H4;;;(H2,3,4,5)/q;2*+1;/p-1. The van der Waals surface area contributed by atoms with Crippen LogP contribution in [-0.2, 0) is 13.4 Å². The van der Waals surface area contributed by atoms with E-state index in [1.54, 1.807) is 0 Å². The van der Waals surface area contributed by atoms with E-state index in [-0.39, 0.29) is 66.5 Å². The number of phosphoric acid groups is 1. The molecule has 0 aliphatic heterocycles. The first kappa shape index (κ1) is 23.2. The van der Waals surface area contributed by atoms with Gasteiger partial charge in [-0.05, 0) is 4.57 Å². The quantitative estimate of drug-likeness (QED) is 0.366. The minimum atomic E-state index is -5.07. The molecular formula is CH5Na2O6P2+. The first-order chi connectivity index (χ1) is 3.42. The molecule has 11 heavy (non-hydrogen) atoms. The monoisotopic (exact) mass is 221 g/mol. The van der Waals surface area contributed by atoms with Gasteiger partial charge in [0.1, 0.15) is 0 Å². The van der Waals surface area contributed by atoms with E-state index in [0.717, 1.165) is 0 Å². The fraction of sp³-hybridized carbons (Fsp3) is 1.00. The maximum absolute atomic E-state index is 9.42. The van der Waals surface area contributed by atoms with Crippen molar-refractivity contribution in [2.45, 2.75) is 7.43 Å². The first-order valence-electron chi connectivity index (χ1n) is 1.30. The van der Waals surface area contributed by atoms with Crippen LogP contribution < -0.4 is 68.9 Å². The van der Waals surface area contributed by atoms with Gasteiger partial charge < -0.3 is 14.7 Å². The van der Waals surface area contributed by atoms with Gasteiger partial charge in [0.15, 0.2) is 0 Å². The molecule has 10 heteroatoms. The summed E-state index contributed by atoms with van der Waals surface area (Å²) in [4.78, 5) is 26.3. The van der Waals surface area contributed by atoms with Gasteiger partial charge in [0.05, 0.1) is 0 Å². The molecule has 0 aromatic carbocycles. The number of hydrogen-bond donors (Lipinski definition) is 1. The van der Waals surface area contributed by atoms with Gasteiger partial charge in [-0.25, -0.2) is 0 Å². The van der Waals surface area contributed by atoms with E-state index in [2.05, 4.69) is 4.31 Å². The molecule has 0 aliphatic carbocycles. The molecule has 0 bridgehead atoms. The van der Waals surface area contributed by atoms with E-state index in [0.29, 0.717) is 0 Å². The molecule has 0 fully saturated rings. The Morgan fingerprint density at radius 2 is 1.73 bits per heavy atom. The Labute approximate surface area is 109 Å². The predicted octanol–water partition coefficient (Wildman–Crippen LogP) is -6.87. The van der Waals surface area contributed by atoms with Gasteiger partial charge in [-0.15, -0.1) is 0 Å². The van der Waals surface area contributed by atoms with Gasteiger partial charge in [-0.2, -0.15) is 0 Å². The molecule has 0 aromatic rings. The topological polar surface area (TPSA) is 110 Å². The molecule has 56 valence electrons. The molecule has 0 amide bonds. The zero-order valence-corrected chi connectivity index (χ0v) is 11.2. The third kappa shape index (κ3) is 24.5. The Morgan fingerprint density at radius 1 is 1.45 bits per heavy atom. The van der Waals surface area contributed by atoms with Gasteiger partial charge in [0, 0.05) is 0 Å². The molecule has 0 heterocycles. The largest absolute Gasteiger partial charge is 1.00 e. The van der Waals surface area contributed by atoms with Crippen LogP contribution in [0.15, 0.2) is 0 Å². The molecule has 0 saturated carbocycles. The summed E-state index contributed by atoms with van der Waals surface area (Å²) in [6.45, 7) is 0. The van der Waals surface area contributed by atoms with Crippen molar-refractivity contribution in [3.05, 3.63) is 0 Å². The molecule has 0 aromatic heterocycles. The third-order valence-corrected chi connectivity index (χ3v) is 1.53. The molecule has 0 radical (unpaired) electrons. The van der Waals surface area contributed by atoms with Gasteiger partial charge in [0.25, 0.3) is 0 Å². The first-order valence-corrected chi connectivity index (χ1v) is 3.89. The molecule has 6 nitrogen and oxygen atoms in total. The summed E-state index contributed by atoms with van der Waals surface area (Å²) in [6.07, 6.45) is 0. The van der Waals surface area contributed by atoms with Gasteiger partial charge >= 0.3 is 75.2 Å². The summed E-state index contributed by atoms with van der Waals surface area (Å²) in [6, 6.07) is 0. The van der Waals surface area contributed by atoms with Crippen molar-refractivity contribution in [2.75, 3.05) is 0 Å². The Balaban J connectivity index is -0.0000000817. The molecule has 0 rings (SSSR count). The maximum Gasteiger partial charge on any atom is 1.00 e. The van der Waals surface area contributed by atoms with E-state index in [1.807, 2.05) is 0 Å². The Hall–Kier alpha value is 2.17. The number of hydrogen-bond acceptors (Lipinski definition) is 5. The van der Waals surface area contributed by atoms with Crippen molar-refractivity contribution in [3.8, 4) is 0 Å². The van der Waals surface area contributed by atoms with Crippen LogP contribution in [-0.4, -0.2) is 4.89 Å². The minimum Gasteiger partial charge on any atom is -0.753 e. The normalized spacial score (nSPS) is 14.3. The Kier molecular flexibility index (Phi) is 21.6. The third-order valence-electron chi connectivity index (χ3n) is 0.170. The second-order valence-electron chi connectivity index (χ2n) is 0.774. The van der Waals surface area contributed by atoms with Crippen molar-refractivity contribution in [2.24, 2.45) is 0 Å². The van der Waals surface area contributed by atoms with E-state index in [1.165, 1.54) is 0 Å². The molecule has 0 saturated heterocycles. The SMILES string of the molecule is C.O=[P+]([O-])OP(=O)([O-])O.[Na+].[Na+]. The van der Waals surface area contributed by atoms with Gasteiger partial charge in [-0.3, -0.25) is 4.57 Å². The molecule has 0 spiro atoms. The van der Waals surface area contributed by atoms with E-state index in [9.17, 15) is 18.9 Å². The van der Waals surface area contributed by atoms with Crippen LogP contribution in [0.5, 0.6) is 0 Å². The van der Waals surface area contributed by atoms with Gasteiger partial charge in [0.2, 0.25) is 0 Å². The predicted molar refractivity (Wildman–Crippen MR) is 25.2 cm³/mol. The summed E-state index contributed by atoms with van der Waals surface area (Å²) in [5.41, 5.74) is 0. The number of rotatable bonds is 2. The second kappa shape index (κ2) is 10.3. The van der Waals surface area contributed by atoms with Crippen LogP contribution in [0.4, 0.5) is 0 Å². The molecule has 2 unspecified atom stereocenters. The molecule has 2 atom stereocenters. The van der Waals surface area contributed by atoms with Crippen LogP contribution in [0.25, 0.3) is 0 Å². The Bertz CT molecular complexity index is 142. The van der Waals surface area contributed by atoms with Crippen molar-refractivity contribution >= 4 is 16.1 Å². The van der Waals surface area contributed by atoms with Crippen LogP contribution >= 0.6 is 16.1 Å². The van der Waals surface area contributed by atoms with Crippen LogP contribution in [0.3, 0.4) is 0 Å². The zero-order valence-electron chi connectivity index (χ0n) is 5.38. The van der Waals surface area contributed by atoms with Crippen LogP contribution in [0, 0.1) is 0 Å². The van der Waals surface area contributed by atoms with E-state index >= 15 is 0 Å². The summed E-state index contributed by atoms with van der Waals surface area (Å²) >= 11 is 0. The molecule has 1 N–H and O–H groups in total. The zero-order chi connectivity index (χ0) is 6.78. The average molecular weight is 221 g/mol. The van der Waals surface area contributed by atoms with E-state index in [4.69, 9.17) is 4.89 Å². The maximum atomic E-state index is 9.42. The van der Waals surface area contributed by atoms with Crippen LogP contribution in [0.1, 0.15) is 7.43 Å². The average Bonchev–Trinajstić information content (AvgIpc) is 1.21. The summed E-state index contributed by atoms with van der Waals surface area (Å²) in [5, 5.41) is 0. The summed E-state index contributed by atoms with van der Waals surface area (Å²) in [7, 11) is -8.58. The molecular weight excluding hydrogens is 216 g/mol. The van der Waals surface area contributed by atoms with Crippen molar-refractivity contribution in [3.63, 3.8) is 0 Å². The fourth-order valence-corrected chi connectivity index (χ4v) is 0.758. The van der Waals surface area contributed by atoms with Crippen molar-refractivity contribution < 1.29 is 87.2 Å². The van der Waals surface area contributed by atoms with Crippen LogP contribution in [0.2, 0.25) is 0 Å². The van der Waals surface area contributed by atoms with Crippen molar-refractivity contribution in [1.29, 1.82) is 0 Å². The van der Waals surface area contributed by atoms with Gasteiger partial charge in [-0.1, -0.05) is 11.7 Å². The smallest absolute Gasteiger partial charge is 0.753 e. The van der Waals surface area contributed by atoms with Crippen molar-refractivity contribution in [1.82, 2.24) is 0 Å².